The number of aliphatic hydroxyl groups excluding tert-OH is 1. The van der Waals surface area contributed by atoms with Crippen molar-refractivity contribution in [1.82, 2.24) is 9.88 Å². The topological polar surface area (TPSA) is 62.7 Å². The molecule has 116 valence electrons. The lowest BCUT2D eigenvalue weighted by molar-refractivity contribution is -0.140. The van der Waals surface area contributed by atoms with Gasteiger partial charge in [-0.2, -0.15) is 0 Å². The Hall–Kier alpha value is -1.63. The van der Waals surface area contributed by atoms with E-state index in [9.17, 15) is 9.90 Å². The molecule has 5 nitrogen and oxygen atoms in total. The summed E-state index contributed by atoms with van der Waals surface area (Å²) in [5.41, 5.74) is 0.742. The van der Waals surface area contributed by atoms with Crippen LogP contribution in [0.15, 0.2) is 29.6 Å². The number of carbonyl (C=O) groups is 1. The highest BCUT2D eigenvalue weighted by atomic mass is 35.5. The number of β-amino-alcohol motifs (C(OH)–C–C–N with tert-alkyl or cyclic N) is 1. The Morgan fingerprint density at radius 1 is 1.41 bits per heavy atom. The van der Waals surface area contributed by atoms with Crippen LogP contribution in [-0.4, -0.2) is 40.1 Å². The van der Waals surface area contributed by atoms with Gasteiger partial charge in [-0.25, -0.2) is 4.98 Å². The second-order valence-electron chi connectivity index (χ2n) is 5.10. The summed E-state index contributed by atoms with van der Waals surface area (Å²) in [6.45, 7) is 1.22. The maximum atomic E-state index is 11.9. The molecule has 1 fully saturated rings. The molecule has 0 atom stereocenters. The smallest absolute Gasteiger partial charge is 0.228 e. The van der Waals surface area contributed by atoms with Crippen LogP contribution in [0.5, 0.6) is 5.75 Å². The van der Waals surface area contributed by atoms with Crippen LogP contribution in [0.3, 0.4) is 0 Å². The molecule has 22 heavy (non-hydrogen) atoms. The van der Waals surface area contributed by atoms with Crippen LogP contribution in [0.25, 0.3) is 0 Å². The molecule has 0 radical (unpaired) electrons. The van der Waals surface area contributed by atoms with Gasteiger partial charge in [0.1, 0.15) is 17.4 Å². The monoisotopic (exact) mass is 338 g/mol. The average molecular weight is 339 g/mol. The Kier molecular flexibility index (Phi) is 4.61. The largest absolute Gasteiger partial charge is 0.486 e. The number of benzene rings is 1. The molecule has 0 aliphatic carbocycles. The van der Waals surface area contributed by atoms with Gasteiger partial charge in [-0.15, -0.1) is 11.3 Å². The van der Waals surface area contributed by atoms with E-state index in [1.165, 1.54) is 11.3 Å². The third-order valence-electron chi connectivity index (χ3n) is 3.32. The minimum Gasteiger partial charge on any atom is -0.486 e. The van der Waals surface area contributed by atoms with E-state index in [0.29, 0.717) is 24.7 Å². The lowest BCUT2D eigenvalue weighted by Crippen LogP contribution is -2.53. The number of carbonyl (C=O) groups excluding carboxylic acids is 1. The molecule has 1 aliphatic rings. The summed E-state index contributed by atoms with van der Waals surface area (Å²) < 4.78 is 5.62. The van der Waals surface area contributed by atoms with Gasteiger partial charge in [-0.05, 0) is 24.3 Å². The number of nitrogens with zero attached hydrogens (tertiary/aromatic N) is 2. The van der Waals surface area contributed by atoms with Crippen molar-refractivity contribution in [1.29, 1.82) is 0 Å². The van der Waals surface area contributed by atoms with Gasteiger partial charge in [0.05, 0.1) is 18.2 Å². The normalized spacial score (nSPS) is 14.7. The number of hydrogen-bond acceptors (Lipinski definition) is 5. The number of ether oxygens (including phenoxy) is 1. The van der Waals surface area contributed by atoms with Crippen LogP contribution in [0.4, 0.5) is 0 Å². The zero-order valence-electron chi connectivity index (χ0n) is 11.7. The zero-order chi connectivity index (χ0) is 15.5. The van der Waals surface area contributed by atoms with E-state index in [-0.39, 0.29) is 18.4 Å². The van der Waals surface area contributed by atoms with Crippen molar-refractivity contribution in [3.63, 3.8) is 0 Å². The number of likely N-dealkylation sites (tertiary alicyclic amines) is 1. The van der Waals surface area contributed by atoms with Crippen LogP contribution in [0, 0.1) is 0 Å². The van der Waals surface area contributed by atoms with Crippen LogP contribution in [0.2, 0.25) is 5.02 Å². The Bertz CT molecular complexity index is 653. The summed E-state index contributed by atoms with van der Waals surface area (Å²) in [5, 5.41) is 12.6. The van der Waals surface area contributed by atoms with Gasteiger partial charge in [0.15, 0.2) is 0 Å². The summed E-state index contributed by atoms with van der Waals surface area (Å²) in [6.07, 6.45) is -0.104. The number of amides is 1. The van der Waals surface area contributed by atoms with Crippen molar-refractivity contribution < 1.29 is 14.6 Å². The highest BCUT2D eigenvalue weighted by Crippen LogP contribution is 2.19. The number of hydrogen-bond donors (Lipinski definition) is 1. The molecule has 1 aromatic heterocycles. The van der Waals surface area contributed by atoms with Gasteiger partial charge in [0.25, 0.3) is 0 Å². The van der Waals surface area contributed by atoms with E-state index in [4.69, 9.17) is 16.3 Å². The molecule has 2 aromatic rings. The van der Waals surface area contributed by atoms with E-state index < -0.39 is 0 Å². The second kappa shape index (κ2) is 6.64. The SMILES string of the molecule is O=C(Cc1csc(COc2ccc(Cl)cc2)n1)N1CC(O)C1. The van der Waals surface area contributed by atoms with E-state index in [0.717, 1.165) is 16.5 Å². The lowest BCUT2D eigenvalue weighted by atomic mass is 10.1. The van der Waals surface area contributed by atoms with Crippen molar-refractivity contribution in [3.8, 4) is 5.75 Å². The highest BCUT2D eigenvalue weighted by molar-refractivity contribution is 7.09. The molecule has 1 saturated heterocycles. The molecule has 0 bridgehead atoms. The predicted molar refractivity (Wildman–Crippen MR) is 84.2 cm³/mol. The summed E-state index contributed by atoms with van der Waals surface area (Å²) >= 11 is 7.28. The molecule has 0 saturated carbocycles. The summed E-state index contributed by atoms with van der Waals surface area (Å²) in [6, 6.07) is 7.14. The van der Waals surface area contributed by atoms with Crippen LogP contribution < -0.4 is 4.74 Å². The Morgan fingerprint density at radius 2 is 2.14 bits per heavy atom. The molecule has 2 heterocycles. The van der Waals surface area contributed by atoms with Crippen LogP contribution in [0.1, 0.15) is 10.7 Å². The zero-order valence-corrected chi connectivity index (χ0v) is 13.3. The molecule has 1 aliphatic heterocycles. The number of rotatable bonds is 5. The molecule has 1 amide bonds. The van der Waals surface area contributed by atoms with Crippen molar-refractivity contribution in [3.05, 3.63) is 45.4 Å². The van der Waals surface area contributed by atoms with Crippen LogP contribution >= 0.6 is 22.9 Å². The molecule has 3 rings (SSSR count). The minimum atomic E-state index is -0.372. The molecule has 7 heteroatoms. The standard InChI is InChI=1S/C15H15ClN2O3S/c16-10-1-3-13(4-2-10)21-8-14-17-11(9-22-14)5-15(20)18-6-12(19)7-18/h1-4,9,12,19H,5-8H2. The fourth-order valence-electron chi connectivity index (χ4n) is 2.10. The number of aromatic nitrogens is 1. The van der Waals surface area contributed by atoms with Crippen molar-refractivity contribution in [2.24, 2.45) is 0 Å². The average Bonchev–Trinajstić information content (AvgIpc) is 2.91. The van der Waals surface area contributed by atoms with E-state index in [1.807, 2.05) is 5.38 Å². The van der Waals surface area contributed by atoms with Gasteiger partial charge in [-0.1, -0.05) is 11.6 Å². The highest BCUT2D eigenvalue weighted by Gasteiger charge is 2.28. The Balaban J connectivity index is 1.50. The van der Waals surface area contributed by atoms with Crippen molar-refractivity contribution in [2.45, 2.75) is 19.1 Å². The molecule has 0 unspecified atom stereocenters. The lowest BCUT2D eigenvalue weighted by Gasteiger charge is -2.35. The summed E-state index contributed by atoms with van der Waals surface area (Å²) in [5.74, 6) is 0.729. The van der Waals surface area contributed by atoms with Crippen molar-refractivity contribution >= 4 is 28.8 Å². The Morgan fingerprint density at radius 3 is 2.82 bits per heavy atom. The summed E-state index contributed by atoms with van der Waals surface area (Å²) in [4.78, 5) is 17.9. The van der Waals surface area contributed by atoms with Gasteiger partial charge in [0, 0.05) is 23.5 Å². The fourth-order valence-corrected chi connectivity index (χ4v) is 2.93. The van der Waals surface area contributed by atoms with Crippen LogP contribution in [-0.2, 0) is 17.8 Å². The van der Waals surface area contributed by atoms with Gasteiger partial charge in [0.2, 0.25) is 5.91 Å². The molecule has 1 N–H and O–H groups in total. The van der Waals surface area contributed by atoms with Gasteiger partial charge in [-0.3, -0.25) is 4.79 Å². The number of halogens is 1. The number of aliphatic hydroxyl groups is 1. The molecule has 1 aromatic carbocycles. The first-order chi connectivity index (χ1) is 10.6. The van der Waals surface area contributed by atoms with E-state index in [1.54, 1.807) is 29.2 Å². The minimum absolute atomic E-state index is 0.000713. The Labute approximate surface area is 137 Å². The first kappa shape index (κ1) is 15.3. The van der Waals surface area contributed by atoms with Crippen molar-refractivity contribution in [2.75, 3.05) is 13.1 Å². The molecular formula is C15H15ClN2O3S. The predicted octanol–water partition coefficient (Wildman–Crippen LogP) is 2.12. The molecular weight excluding hydrogens is 324 g/mol. The maximum Gasteiger partial charge on any atom is 0.228 e. The first-order valence-electron chi connectivity index (χ1n) is 6.87. The quantitative estimate of drug-likeness (QED) is 0.907. The maximum absolute atomic E-state index is 11.9. The summed E-state index contributed by atoms with van der Waals surface area (Å²) in [7, 11) is 0. The van der Waals surface area contributed by atoms with E-state index >= 15 is 0 Å². The second-order valence-corrected chi connectivity index (χ2v) is 6.48. The molecule has 0 spiro atoms. The fraction of sp³-hybridized carbons (Fsp3) is 0.333. The first-order valence-corrected chi connectivity index (χ1v) is 8.13. The van der Waals surface area contributed by atoms with Gasteiger partial charge >= 0.3 is 0 Å². The van der Waals surface area contributed by atoms with E-state index in [2.05, 4.69) is 4.98 Å². The number of thiazole rings is 1. The third kappa shape index (κ3) is 3.76. The third-order valence-corrected chi connectivity index (χ3v) is 4.45. The van der Waals surface area contributed by atoms with Gasteiger partial charge < -0.3 is 14.7 Å².